The lowest BCUT2D eigenvalue weighted by Gasteiger charge is -2.18. The smallest absolute Gasteiger partial charge is 0.145 e. The number of hydrogen-bond donors (Lipinski definition) is 0. The third-order valence-corrected chi connectivity index (χ3v) is 1.84. The zero-order valence-electron chi connectivity index (χ0n) is 6.53. The Morgan fingerprint density at radius 1 is 1.33 bits per heavy atom. The Balaban J connectivity index is 2.33. The molecule has 0 fully saturated rings. The first-order chi connectivity index (χ1) is 5.90. The highest BCUT2D eigenvalue weighted by Gasteiger charge is 2.12. The Morgan fingerprint density at radius 3 is 3.00 bits per heavy atom. The Labute approximate surface area is 70.5 Å². The molecule has 1 atom stereocenters. The second-order valence-electron chi connectivity index (χ2n) is 2.71. The molecule has 1 nitrogen and oxygen atoms in total. The molecule has 0 aromatic heterocycles. The number of benzene rings is 1. The van der Waals surface area contributed by atoms with Gasteiger partial charge < -0.3 is 4.74 Å². The first-order valence-corrected chi connectivity index (χ1v) is 3.90. The predicted octanol–water partition coefficient (Wildman–Crippen LogP) is 2.43. The Morgan fingerprint density at radius 2 is 2.17 bits per heavy atom. The number of fused-ring (bicyclic) bond motifs is 1. The lowest BCUT2D eigenvalue weighted by molar-refractivity contribution is 0.204. The van der Waals surface area contributed by atoms with Gasteiger partial charge in [-0.2, -0.15) is 0 Å². The predicted molar refractivity (Wildman–Crippen MR) is 45.9 cm³/mol. The van der Waals surface area contributed by atoms with Crippen molar-refractivity contribution in [1.82, 2.24) is 0 Å². The fraction of sp³-hybridized carbons (Fsp3) is 0.200. The second-order valence-corrected chi connectivity index (χ2v) is 2.71. The maximum absolute atomic E-state index is 12.2. The molecule has 0 amide bonds. The van der Waals surface area contributed by atoms with E-state index in [4.69, 9.17) is 4.74 Å². The average molecular weight is 164 g/mol. The molecular weight excluding hydrogens is 155 g/mol. The molecule has 1 aliphatic rings. The summed E-state index contributed by atoms with van der Waals surface area (Å²) in [5, 5.41) is 0. The topological polar surface area (TPSA) is 9.23 Å². The number of para-hydroxylation sites is 1. The van der Waals surface area contributed by atoms with E-state index in [1.54, 1.807) is 6.08 Å². The first-order valence-electron chi connectivity index (χ1n) is 3.90. The number of alkyl halides is 1. The van der Waals surface area contributed by atoms with Crippen LogP contribution in [0.4, 0.5) is 4.39 Å². The molecule has 1 aliphatic heterocycles. The van der Waals surface area contributed by atoms with E-state index in [9.17, 15) is 4.39 Å². The average Bonchev–Trinajstić information content (AvgIpc) is 2.17. The van der Waals surface area contributed by atoms with Crippen molar-refractivity contribution in [2.75, 3.05) is 6.67 Å². The van der Waals surface area contributed by atoms with Crippen LogP contribution in [0.3, 0.4) is 0 Å². The van der Waals surface area contributed by atoms with E-state index in [2.05, 4.69) is 0 Å². The summed E-state index contributed by atoms with van der Waals surface area (Å²) in [6.45, 7) is -0.467. The van der Waals surface area contributed by atoms with Crippen LogP contribution in [0.1, 0.15) is 5.56 Å². The van der Waals surface area contributed by atoms with Crippen LogP contribution < -0.4 is 4.74 Å². The second kappa shape index (κ2) is 2.97. The number of hydrogen-bond acceptors (Lipinski definition) is 1. The van der Waals surface area contributed by atoms with Crippen LogP contribution in [0, 0.1) is 0 Å². The SMILES string of the molecule is FCC1C=Cc2ccccc2O1. The quantitative estimate of drug-likeness (QED) is 0.619. The normalized spacial score (nSPS) is 19.9. The van der Waals surface area contributed by atoms with Gasteiger partial charge in [-0.1, -0.05) is 24.3 Å². The van der Waals surface area contributed by atoms with Crippen molar-refractivity contribution in [2.45, 2.75) is 6.10 Å². The van der Waals surface area contributed by atoms with E-state index < -0.39 is 12.8 Å². The monoisotopic (exact) mass is 164 g/mol. The fourth-order valence-electron chi connectivity index (χ4n) is 1.22. The van der Waals surface area contributed by atoms with Gasteiger partial charge in [0.1, 0.15) is 18.5 Å². The van der Waals surface area contributed by atoms with Crippen molar-refractivity contribution >= 4 is 6.08 Å². The van der Waals surface area contributed by atoms with Gasteiger partial charge in [-0.25, -0.2) is 4.39 Å². The van der Waals surface area contributed by atoms with Gasteiger partial charge in [0.05, 0.1) is 0 Å². The lowest BCUT2D eigenvalue weighted by Crippen LogP contribution is -2.18. The van der Waals surface area contributed by atoms with E-state index in [0.717, 1.165) is 11.3 Å². The Kier molecular flexibility index (Phi) is 1.82. The molecule has 1 aromatic rings. The summed E-state index contributed by atoms with van der Waals surface area (Å²) in [4.78, 5) is 0. The minimum atomic E-state index is -0.467. The van der Waals surface area contributed by atoms with E-state index in [-0.39, 0.29) is 0 Å². The molecule has 1 heterocycles. The van der Waals surface area contributed by atoms with E-state index >= 15 is 0 Å². The van der Waals surface area contributed by atoms with Crippen molar-refractivity contribution in [3.63, 3.8) is 0 Å². The van der Waals surface area contributed by atoms with Gasteiger partial charge in [0.15, 0.2) is 0 Å². The van der Waals surface area contributed by atoms with Gasteiger partial charge in [-0.3, -0.25) is 0 Å². The maximum Gasteiger partial charge on any atom is 0.145 e. The highest BCUT2D eigenvalue weighted by molar-refractivity contribution is 5.59. The number of halogens is 1. The highest BCUT2D eigenvalue weighted by atomic mass is 19.1. The van der Waals surface area contributed by atoms with Crippen molar-refractivity contribution in [3.8, 4) is 5.75 Å². The molecule has 1 unspecified atom stereocenters. The maximum atomic E-state index is 12.2. The summed E-state index contributed by atoms with van der Waals surface area (Å²) in [7, 11) is 0. The van der Waals surface area contributed by atoms with Gasteiger partial charge in [-0.05, 0) is 12.1 Å². The van der Waals surface area contributed by atoms with Gasteiger partial charge >= 0.3 is 0 Å². The van der Waals surface area contributed by atoms with Crippen molar-refractivity contribution in [1.29, 1.82) is 0 Å². The third kappa shape index (κ3) is 1.20. The van der Waals surface area contributed by atoms with Crippen molar-refractivity contribution in [2.24, 2.45) is 0 Å². The molecule has 0 spiro atoms. The summed E-state index contributed by atoms with van der Waals surface area (Å²) >= 11 is 0. The zero-order chi connectivity index (χ0) is 8.39. The molecule has 0 N–H and O–H groups in total. The lowest BCUT2D eigenvalue weighted by atomic mass is 10.1. The van der Waals surface area contributed by atoms with Crippen LogP contribution in [0.15, 0.2) is 30.3 Å². The van der Waals surface area contributed by atoms with Crippen LogP contribution in [0.25, 0.3) is 6.08 Å². The number of ether oxygens (including phenoxy) is 1. The molecule has 0 saturated carbocycles. The van der Waals surface area contributed by atoms with E-state index in [0.29, 0.717) is 0 Å². The van der Waals surface area contributed by atoms with Crippen molar-refractivity contribution < 1.29 is 9.13 Å². The third-order valence-electron chi connectivity index (χ3n) is 1.84. The van der Waals surface area contributed by atoms with Gasteiger partial charge in [-0.15, -0.1) is 0 Å². The van der Waals surface area contributed by atoms with Gasteiger partial charge in [0.25, 0.3) is 0 Å². The number of rotatable bonds is 1. The summed E-state index contributed by atoms with van der Waals surface area (Å²) in [5.41, 5.74) is 1.02. The van der Waals surface area contributed by atoms with E-state index in [1.165, 1.54) is 0 Å². The zero-order valence-corrected chi connectivity index (χ0v) is 6.53. The molecule has 12 heavy (non-hydrogen) atoms. The van der Waals surface area contributed by atoms with Crippen LogP contribution in [0.2, 0.25) is 0 Å². The summed E-state index contributed by atoms with van der Waals surface area (Å²) < 4.78 is 17.5. The molecule has 2 rings (SSSR count). The van der Waals surface area contributed by atoms with Crippen LogP contribution >= 0.6 is 0 Å². The van der Waals surface area contributed by atoms with Crippen molar-refractivity contribution in [3.05, 3.63) is 35.9 Å². The van der Waals surface area contributed by atoms with Gasteiger partial charge in [0.2, 0.25) is 0 Å². The first kappa shape index (κ1) is 7.35. The minimum Gasteiger partial charge on any atom is -0.483 e. The van der Waals surface area contributed by atoms with Crippen LogP contribution in [-0.2, 0) is 0 Å². The van der Waals surface area contributed by atoms with Crippen LogP contribution in [-0.4, -0.2) is 12.8 Å². The van der Waals surface area contributed by atoms with Crippen LogP contribution in [0.5, 0.6) is 5.75 Å². The molecule has 0 saturated heterocycles. The molecule has 0 radical (unpaired) electrons. The highest BCUT2D eigenvalue weighted by Crippen LogP contribution is 2.25. The Bertz CT molecular complexity index is 306. The summed E-state index contributed by atoms with van der Waals surface area (Å²) in [6.07, 6.45) is 3.23. The summed E-state index contributed by atoms with van der Waals surface area (Å²) in [6, 6.07) is 7.61. The molecule has 0 aliphatic carbocycles. The van der Waals surface area contributed by atoms with E-state index in [1.807, 2.05) is 30.3 Å². The Hall–Kier alpha value is -1.31. The minimum absolute atomic E-state index is 0.403. The van der Waals surface area contributed by atoms with Gasteiger partial charge in [0, 0.05) is 5.56 Å². The molecule has 62 valence electrons. The largest absolute Gasteiger partial charge is 0.483 e. The molecule has 1 aromatic carbocycles. The fourth-order valence-corrected chi connectivity index (χ4v) is 1.22. The summed E-state index contributed by atoms with van der Waals surface area (Å²) in [5.74, 6) is 0.766. The standard InChI is InChI=1S/C10H9FO/c11-7-9-6-5-8-3-1-2-4-10(8)12-9/h1-6,9H,7H2. The molecular formula is C10H9FO. The molecule has 2 heteroatoms. The molecule has 0 bridgehead atoms.